The molecule has 6 nitrogen and oxygen atoms in total. The summed E-state index contributed by atoms with van der Waals surface area (Å²) >= 11 is 5.95. The summed E-state index contributed by atoms with van der Waals surface area (Å²) in [6.45, 7) is 3.21. The summed E-state index contributed by atoms with van der Waals surface area (Å²) in [5, 5.41) is 3.52. The van der Waals surface area contributed by atoms with Crippen molar-refractivity contribution in [1.29, 1.82) is 0 Å². The molecule has 2 aromatic rings. The molecule has 2 heterocycles. The Bertz CT molecular complexity index is 915. The van der Waals surface area contributed by atoms with E-state index in [1.54, 1.807) is 35.2 Å². The van der Waals surface area contributed by atoms with Crippen molar-refractivity contribution >= 4 is 34.8 Å². The number of nitrogens with one attached hydrogen (secondary N) is 1. The van der Waals surface area contributed by atoms with Crippen LogP contribution in [0.4, 0.5) is 11.4 Å². The van der Waals surface area contributed by atoms with E-state index < -0.39 is 5.92 Å². The normalized spacial score (nSPS) is 18.5. The Kier molecular flexibility index (Phi) is 4.66. The number of nitrogens with zero attached hydrogens (tertiary/aromatic N) is 1. The number of carbonyl (C=O) groups excluding carboxylic acids is 2. The van der Waals surface area contributed by atoms with Crippen LogP contribution < -0.4 is 19.7 Å². The van der Waals surface area contributed by atoms with E-state index in [0.717, 1.165) is 5.56 Å². The van der Waals surface area contributed by atoms with E-state index in [1.165, 1.54) is 0 Å². The Morgan fingerprint density at radius 3 is 2.70 bits per heavy atom. The second-order valence-electron chi connectivity index (χ2n) is 6.68. The first-order valence-corrected chi connectivity index (χ1v) is 9.16. The fourth-order valence-corrected chi connectivity index (χ4v) is 3.56. The number of ether oxygens (including phenoxy) is 2. The van der Waals surface area contributed by atoms with Gasteiger partial charge in [-0.05, 0) is 42.8 Å². The van der Waals surface area contributed by atoms with Crippen molar-refractivity contribution in [3.63, 3.8) is 0 Å². The van der Waals surface area contributed by atoms with Crippen molar-refractivity contribution in [2.24, 2.45) is 5.92 Å². The highest BCUT2D eigenvalue weighted by Crippen LogP contribution is 2.36. The van der Waals surface area contributed by atoms with Gasteiger partial charge in [-0.15, -0.1) is 0 Å². The van der Waals surface area contributed by atoms with Crippen LogP contribution in [0.3, 0.4) is 0 Å². The summed E-state index contributed by atoms with van der Waals surface area (Å²) in [5.74, 6) is 0.620. The number of rotatable bonds is 3. The van der Waals surface area contributed by atoms with Crippen molar-refractivity contribution in [1.82, 2.24) is 0 Å². The molecule has 7 heteroatoms. The zero-order valence-corrected chi connectivity index (χ0v) is 15.6. The summed E-state index contributed by atoms with van der Waals surface area (Å²) in [4.78, 5) is 26.7. The zero-order chi connectivity index (χ0) is 19.0. The van der Waals surface area contributed by atoms with Gasteiger partial charge >= 0.3 is 0 Å². The number of aryl methyl sites for hydroxylation is 1. The zero-order valence-electron chi connectivity index (χ0n) is 14.8. The Labute approximate surface area is 162 Å². The SMILES string of the molecule is Cc1cc(Cl)ccc1NC(=O)[C@H]1CC(=O)N(c2ccc3c(c2)OCCO3)C1. The van der Waals surface area contributed by atoms with E-state index in [4.69, 9.17) is 21.1 Å². The van der Waals surface area contributed by atoms with Gasteiger partial charge < -0.3 is 19.7 Å². The van der Waals surface area contributed by atoms with Crippen LogP contribution in [0.25, 0.3) is 0 Å². The Morgan fingerprint density at radius 2 is 1.93 bits per heavy atom. The molecule has 0 unspecified atom stereocenters. The Balaban J connectivity index is 1.48. The molecule has 140 valence electrons. The number of hydrogen-bond acceptors (Lipinski definition) is 4. The Hall–Kier alpha value is -2.73. The van der Waals surface area contributed by atoms with Crippen LogP contribution in [0.5, 0.6) is 11.5 Å². The summed E-state index contributed by atoms with van der Waals surface area (Å²) < 4.78 is 11.1. The van der Waals surface area contributed by atoms with Gasteiger partial charge in [0, 0.05) is 35.4 Å². The maximum atomic E-state index is 12.6. The molecular formula is C20H19ClN2O4. The van der Waals surface area contributed by atoms with Crippen molar-refractivity contribution in [2.45, 2.75) is 13.3 Å². The molecule has 1 fully saturated rings. The minimum Gasteiger partial charge on any atom is -0.486 e. The molecule has 2 amide bonds. The molecule has 0 spiro atoms. The van der Waals surface area contributed by atoms with E-state index in [9.17, 15) is 9.59 Å². The molecule has 2 aromatic carbocycles. The lowest BCUT2D eigenvalue weighted by Crippen LogP contribution is -2.28. The van der Waals surface area contributed by atoms with Gasteiger partial charge in [0.2, 0.25) is 11.8 Å². The quantitative estimate of drug-likeness (QED) is 0.877. The maximum absolute atomic E-state index is 12.6. The fourth-order valence-electron chi connectivity index (χ4n) is 3.33. The number of benzene rings is 2. The molecule has 1 N–H and O–H groups in total. The molecule has 4 rings (SSSR count). The number of hydrogen-bond donors (Lipinski definition) is 1. The predicted molar refractivity (Wildman–Crippen MR) is 103 cm³/mol. The van der Waals surface area contributed by atoms with E-state index in [2.05, 4.69) is 5.32 Å². The molecule has 0 aliphatic carbocycles. The average molecular weight is 387 g/mol. The maximum Gasteiger partial charge on any atom is 0.229 e. The standard InChI is InChI=1S/C20H19ClN2O4/c1-12-8-14(21)2-4-16(12)22-20(25)13-9-19(24)23(11-13)15-3-5-17-18(10-15)27-7-6-26-17/h2-5,8,10,13H,6-7,9,11H2,1H3,(H,22,25)/t13-/m0/s1. The molecular weight excluding hydrogens is 368 g/mol. The Morgan fingerprint density at radius 1 is 1.15 bits per heavy atom. The highest BCUT2D eigenvalue weighted by Gasteiger charge is 2.35. The summed E-state index contributed by atoms with van der Waals surface area (Å²) in [7, 11) is 0. The molecule has 1 saturated heterocycles. The third-order valence-corrected chi connectivity index (χ3v) is 5.01. The van der Waals surface area contributed by atoms with Crippen LogP contribution >= 0.6 is 11.6 Å². The summed E-state index contributed by atoms with van der Waals surface area (Å²) in [5.41, 5.74) is 2.29. The minimum absolute atomic E-state index is 0.0837. The van der Waals surface area contributed by atoms with E-state index in [1.807, 2.05) is 13.0 Å². The van der Waals surface area contributed by atoms with Crippen molar-refractivity contribution in [3.05, 3.63) is 47.0 Å². The van der Waals surface area contributed by atoms with Crippen LogP contribution in [0.2, 0.25) is 5.02 Å². The van der Waals surface area contributed by atoms with Crippen LogP contribution in [-0.4, -0.2) is 31.6 Å². The lowest BCUT2D eigenvalue weighted by Gasteiger charge is -2.22. The monoisotopic (exact) mass is 386 g/mol. The van der Waals surface area contributed by atoms with Crippen molar-refractivity contribution in [3.8, 4) is 11.5 Å². The van der Waals surface area contributed by atoms with Gasteiger partial charge in [0.1, 0.15) is 13.2 Å². The molecule has 2 aliphatic rings. The lowest BCUT2D eigenvalue weighted by atomic mass is 10.1. The highest BCUT2D eigenvalue weighted by molar-refractivity contribution is 6.30. The van der Waals surface area contributed by atoms with Gasteiger partial charge in [-0.2, -0.15) is 0 Å². The van der Waals surface area contributed by atoms with Crippen LogP contribution in [0, 0.1) is 12.8 Å². The smallest absolute Gasteiger partial charge is 0.229 e. The minimum atomic E-state index is -0.416. The number of halogens is 1. The second kappa shape index (κ2) is 7.12. The largest absolute Gasteiger partial charge is 0.486 e. The summed E-state index contributed by atoms with van der Waals surface area (Å²) in [6, 6.07) is 10.7. The molecule has 27 heavy (non-hydrogen) atoms. The molecule has 0 saturated carbocycles. The van der Waals surface area contributed by atoms with E-state index >= 15 is 0 Å². The number of anilines is 2. The first-order valence-electron chi connectivity index (χ1n) is 8.78. The fraction of sp³-hybridized carbons (Fsp3) is 0.300. The molecule has 0 radical (unpaired) electrons. The summed E-state index contributed by atoms with van der Waals surface area (Å²) in [6.07, 6.45) is 0.174. The highest BCUT2D eigenvalue weighted by atomic mass is 35.5. The van der Waals surface area contributed by atoms with Crippen LogP contribution in [-0.2, 0) is 9.59 Å². The molecule has 2 aliphatic heterocycles. The molecule has 0 bridgehead atoms. The average Bonchev–Trinajstić information content (AvgIpc) is 3.05. The predicted octanol–water partition coefficient (Wildman–Crippen LogP) is 3.41. The number of carbonyl (C=O) groups is 2. The van der Waals surface area contributed by atoms with E-state index in [-0.39, 0.29) is 18.2 Å². The van der Waals surface area contributed by atoms with E-state index in [0.29, 0.717) is 47.7 Å². The van der Waals surface area contributed by atoms with Crippen molar-refractivity contribution in [2.75, 3.05) is 30.0 Å². The van der Waals surface area contributed by atoms with Gasteiger partial charge in [0.05, 0.1) is 5.92 Å². The number of fused-ring (bicyclic) bond motifs is 1. The molecule has 1 atom stereocenters. The topological polar surface area (TPSA) is 67.9 Å². The van der Waals surface area contributed by atoms with Crippen molar-refractivity contribution < 1.29 is 19.1 Å². The number of amides is 2. The second-order valence-corrected chi connectivity index (χ2v) is 7.12. The van der Waals surface area contributed by atoms with Gasteiger partial charge in [-0.3, -0.25) is 9.59 Å². The molecule has 0 aromatic heterocycles. The van der Waals surface area contributed by atoms with Gasteiger partial charge in [-0.25, -0.2) is 0 Å². The van der Waals surface area contributed by atoms with Gasteiger partial charge in [0.25, 0.3) is 0 Å². The van der Waals surface area contributed by atoms with Gasteiger partial charge in [-0.1, -0.05) is 11.6 Å². The first-order chi connectivity index (χ1) is 13.0. The lowest BCUT2D eigenvalue weighted by molar-refractivity contribution is -0.122. The van der Waals surface area contributed by atoms with Crippen LogP contribution in [0.15, 0.2) is 36.4 Å². The van der Waals surface area contributed by atoms with Crippen LogP contribution in [0.1, 0.15) is 12.0 Å². The third kappa shape index (κ3) is 3.57. The third-order valence-electron chi connectivity index (χ3n) is 4.78. The van der Waals surface area contributed by atoms with Gasteiger partial charge in [0.15, 0.2) is 11.5 Å². The first kappa shape index (κ1) is 17.7.